The summed E-state index contributed by atoms with van der Waals surface area (Å²) in [6, 6.07) is 5.64. The van der Waals surface area contributed by atoms with E-state index in [1.807, 2.05) is 0 Å². The van der Waals surface area contributed by atoms with Crippen molar-refractivity contribution >= 4 is 27.4 Å². The predicted octanol–water partition coefficient (Wildman–Crippen LogP) is 1.90. The number of non-ortho nitro benzene ring substituents is 1. The van der Waals surface area contributed by atoms with E-state index in [0.29, 0.717) is 0 Å². The highest BCUT2D eigenvalue weighted by Crippen LogP contribution is 2.25. The molecule has 0 saturated heterocycles. The number of benzene rings is 1. The fourth-order valence-electron chi connectivity index (χ4n) is 2.04. The number of sulfonamides is 1. The number of carbonyl (C=O) groups is 1. The molecular formula is C14H13N3O6S. The number of nitrogens with zero attached hydrogens (tertiary/aromatic N) is 3. The fraction of sp³-hybridized carbons (Fsp3) is 0.143. The molecule has 0 aliphatic carbocycles. The molecule has 0 saturated carbocycles. The molecule has 0 amide bonds. The maximum absolute atomic E-state index is 12.7. The summed E-state index contributed by atoms with van der Waals surface area (Å²) in [5.41, 5.74) is -0.285. The number of hydrogen-bond donors (Lipinski definition) is 1. The van der Waals surface area contributed by atoms with E-state index in [1.165, 1.54) is 12.3 Å². The third-order valence-corrected chi connectivity index (χ3v) is 5.10. The summed E-state index contributed by atoms with van der Waals surface area (Å²) in [4.78, 5) is 24.6. The van der Waals surface area contributed by atoms with Crippen LogP contribution in [0.15, 0.2) is 47.6 Å². The highest BCUT2D eigenvalue weighted by molar-refractivity contribution is 7.92. The number of aromatic carboxylic acids is 1. The van der Waals surface area contributed by atoms with Crippen LogP contribution in [-0.4, -0.2) is 35.9 Å². The summed E-state index contributed by atoms with van der Waals surface area (Å²) in [6.45, 7) is 1.61. The zero-order valence-corrected chi connectivity index (χ0v) is 13.3. The van der Waals surface area contributed by atoms with E-state index < -0.39 is 20.9 Å². The molecule has 1 aromatic heterocycles. The lowest BCUT2D eigenvalue weighted by molar-refractivity contribution is -0.384. The first-order valence-corrected chi connectivity index (χ1v) is 8.17. The minimum atomic E-state index is -4.01. The molecule has 1 heterocycles. The Morgan fingerprint density at radius 1 is 1.29 bits per heavy atom. The Labute approximate surface area is 137 Å². The summed E-state index contributed by atoms with van der Waals surface area (Å²) < 4.78 is 26.4. The quantitative estimate of drug-likeness (QED) is 0.621. The van der Waals surface area contributed by atoms with Gasteiger partial charge in [-0.05, 0) is 25.1 Å². The maximum Gasteiger partial charge on any atom is 0.337 e. The second-order valence-electron chi connectivity index (χ2n) is 4.66. The fourth-order valence-corrected chi connectivity index (χ4v) is 3.49. The Morgan fingerprint density at radius 2 is 1.92 bits per heavy atom. The number of hydrogen-bond acceptors (Lipinski definition) is 6. The minimum absolute atomic E-state index is 0.0318. The molecular weight excluding hydrogens is 338 g/mol. The van der Waals surface area contributed by atoms with Crippen LogP contribution in [0.25, 0.3) is 0 Å². The van der Waals surface area contributed by atoms with E-state index in [2.05, 4.69) is 4.98 Å². The topological polar surface area (TPSA) is 131 Å². The average Bonchev–Trinajstić information content (AvgIpc) is 2.55. The zero-order chi connectivity index (χ0) is 17.9. The largest absolute Gasteiger partial charge is 0.478 e. The highest BCUT2D eigenvalue weighted by atomic mass is 32.2. The van der Waals surface area contributed by atoms with Gasteiger partial charge in [-0.1, -0.05) is 0 Å². The maximum atomic E-state index is 12.7. The Bertz CT molecular complexity index is 880. The van der Waals surface area contributed by atoms with Gasteiger partial charge in [-0.25, -0.2) is 13.2 Å². The third kappa shape index (κ3) is 3.33. The third-order valence-electron chi connectivity index (χ3n) is 3.18. The van der Waals surface area contributed by atoms with Crippen LogP contribution in [0, 0.1) is 10.1 Å². The smallest absolute Gasteiger partial charge is 0.337 e. The summed E-state index contributed by atoms with van der Waals surface area (Å²) in [5.74, 6) is -1.23. The van der Waals surface area contributed by atoms with Gasteiger partial charge in [0.15, 0.2) is 0 Å². The molecule has 0 radical (unpaired) electrons. The Kier molecular flexibility index (Phi) is 4.79. The lowest BCUT2D eigenvalue weighted by atomic mass is 10.2. The van der Waals surface area contributed by atoms with Gasteiger partial charge in [-0.15, -0.1) is 0 Å². The van der Waals surface area contributed by atoms with Crippen molar-refractivity contribution in [3.63, 3.8) is 0 Å². The molecule has 1 aromatic carbocycles. The van der Waals surface area contributed by atoms with Crippen LogP contribution in [0.2, 0.25) is 0 Å². The first-order chi connectivity index (χ1) is 11.3. The van der Waals surface area contributed by atoms with Crippen LogP contribution < -0.4 is 4.31 Å². The highest BCUT2D eigenvalue weighted by Gasteiger charge is 2.25. The lowest BCUT2D eigenvalue weighted by Gasteiger charge is -2.22. The monoisotopic (exact) mass is 351 g/mol. The summed E-state index contributed by atoms with van der Waals surface area (Å²) in [6.07, 6.45) is 2.34. The lowest BCUT2D eigenvalue weighted by Crippen LogP contribution is -2.31. The molecule has 2 rings (SSSR count). The van der Waals surface area contributed by atoms with Crippen LogP contribution >= 0.6 is 0 Å². The molecule has 0 spiro atoms. The van der Waals surface area contributed by atoms with Crippen LogP contribution in [0.3, 0.4) is 0 Å². The Hall–Kier alpha value is -3.01. The van der Waals surface area contributed by atoms with Gasteiger partial charge >= 0.3 is 5.97 Å². The number of aromatic nitrogens is 1. The summed E-state index contributed by atoms with van der Waals surface area (Å²) in [5, 5.41) is 19.7. The van der Waals surface area contributed by atoms with Gasteiger partial charge in [-0.3, -0.25) is 19.4 Å². The van der Waals surface area contributed by atoms with Crippen LogP contribution in [0.1, 0.15) is 17.3 Å². The average molecular weight is 351 g/mol. The van der Waals surface area contributed by atoms with Gasteiger partial charge in [-0.2, -0.15) is 0 Å². The molecule has 24 heavy (non-hydrogen) atoms. The van der Waals surface area contributed by atoms with Crippen LogP contribution in [0.4, 0.5) is 11.4 Å². The van der Waals surface area contributed by atoms with Gasteiger partial charge < -0.3 is 5.11 Å². The number of nitro groups is 1. The van der Waals surface area contributed by atoms with E-state index in [4.69, 9.17) is 5.11 Å². The molecule has 1 N–H and O–H groups in total. The second-order valence-corrected chi connectivity index (χ2v) is 6.52. The molecule has 0 aliphatic heterocycles. The van der Waals surface area contributed by atoms with Crippen LogP contribution in [0.5, 0.6) is 0 Å². The number of anilines is 1. The summed E-state index contributed by atoms with van der Waals surface area (Å²) in [7, 11) is -4.01. The molecule has 2 aromatic rings. The van der Waals surface area contributed by atoms with E-state index in [0.717, 1.165) is 34.8 Å². The number of rotatable bonds is 6. The van der Waals surface area contributed by atoms with E-state index in [-0.39, 0.29) is 28.4 Å². The van der Waals surface area contributed by atoms with Crippen molar-refractivity contribution in [2.24, 2.45) is 0 Å². The van der Waals surface area contributed by atoms with Gasteiger partial charge in [0, 0.05) is 24.9 Å². The molecule has 0 unspecified atom stereocenters. The van der Waals surface area contributed by atoms with Gasteiger partial charge in [0.25, 0.3) is 15.7 Å². The molecule has 0 bridgehead atoms. The standard InChI is InChI=1S/C14H13N3O6S/c1-2-16(12-7-10(14(18)19)8-15-9-12)24(22,23)13-5-3-11(4-6-13)17(20)21/h3-9H,2H2,1H3,(H,18,19). The summed E-state index contributed by atoms with van der Waals surface area (Å²) >= 11 is 0. The van der Waals surface area contributed by atoms with E-state index in [9.17, 15) is 23.3 Å². The molecule has 9 nitrogen and oxygen atoms in total. The van der Waals surface area contributed by atoms with E-state index >= 15 is 0 Å². The van der Waals surface area contributed by atoms with Crippen molar-refractivity contribution in [3.05, 3.63) is 58.4 Å². The normalized spacial score (nSPS) is 11.0. The molecule has 10 heteroatoms. The van der Waals surface area contributed by atoms with Gasteiger partial charge in [0.2, 0.25) is 0 Å². The first kappa shape index (κ1) is 17.3. The molecule has 0 atom stereocenters. The van der Waals surface area contributed by atoms with Crippen molar-refractivity contribution in [2.45, 2.75) is 11.8 Å². The number of carboxylic acid groups (broad SMARTS) is 1. The van der Waals surface area contributed by atoms with Crippen molar-refractivity contribution in [3.8, 4) is 0 Å². The zero-order valence-electron chi connectivity index (χ0n) is 12.5. The van der Waals surface area contributed by atoms with Crippen molar-refractivity contribution < 1.29 is 23.2 Å². The van der Waals surface area contributed by atoms with Gasteiger partial charge in [0.1, 0.15) is 0 Å². The van der Waals surface area contributed by atoms with Crippen molar-refractivity contribution in [1.82, 2.24) is 4.98 Å². The number of pyridine rings is 1. The SMILES string of the molecule is CCN(c1cncc(C(=O)O)c1)S(=O)(=O)c1ccc([N+](=O)[O-])cc1. The Morgan fingerprint density at radius 3 is 2.42 bits per heavy atom. The molecule has 0 aliphatic rings. The Balaban J connectivity index is 2.46. The predicted molar refractivity (Wildman–Crippen MR) is 84.5 cm³/mol. The van der Waals surface area contributed by atoms with Crippen LogP contribution in [-0.2, 0) is 10.0 Å². The molecule has 126 valence electrons. The number of carboxylic acids is 1. The van der Waals surface area contributed by atoms with Crippen molar-refractivity contribution in [2.75, 3.05) is 10.8 Å². The minimum Gasteiger partial charge on any atom is -0.478 e. The van der Waals surface area contributed by atoms with E-state index in [1.54, 1.807) is 6.92 Å². The van der Waals surface area contributed by atoms with Crippen molar-refractivity contribution in [1.29, 1.82) is 0 Å². The number of nitro benzene ring substituents is 1. The second kappa shape index (κ2) is 6.62. The first-order valence-electron chi connectivity index (χ1n) is 6.73. The van der Waals surface area contributed by atoms with Gasteiger partial charge in [0.05, 0.1) is 27.3 Å². The molecule has 0 fully saturated rings.